The lowest BCUT2D eigenvalue weighted by atomic mass is 9.94. The van der Waals surface area contributed by atoms with E-state index in [2.05, 4.69) is 9.47 Å². The zero-order chi connectivity index (χ0) is 20.5. The van der Waals surface area contributed by atoms with Crippen molar-refractivity contribution in [1.82, 2.24) is 14.5 Å². The molecule has 1 fully saturated rings. The van der Waals surface area contributed by atoms with E-state index in [1.807, 2.05) is 18.2 Å². The summed E-state index contributed by atoms with van der Waals surface area (Å²) in [7, 11) is 0. The number of hydrogen-bond acceptors (Lipinski definition) is 4. The highest BCUT2D eigenvalue weighted by Gasteiger charge is 2.23. The maximum Gasteiger partial charge on any atom is 0.162 e. The summed E-state index contributed by atoms with van der Waals surface area (Å²) >= 11 is 0. The summed E-state index contributed by atoms with van der Waals surface area (Å²) in [6, 6.07) is 9.74. The predicted octanol–water partition coefficient (Wildman–Crippen LogP) is 4.39. The maximum atomic E-state index is 13.3. The summed E-state index contributed by atoms with van der Waals surface area (Å²) in [6.45, 7) is 4.97. The Kier molecular flexibility index (Phi) is 5.29. The Labute approximate surface area is 174 Å². The average molecular weight is 413 g/mol. The van der Waals surface area contributed by atoms with Crippen LogP contribution in [-0.2, 0) is 13.1 Å². The van der Waals surface area contributed by atoms with Crippen LogP contribution in [0, 0.1) is 17.6 Å². The van der Waals surface area contributed by atoms with E-state index in [9.17, 15) is 8.78 Å². The quantitative estimate of drug-likeness (QED) is 0.601. The highest BCUT2D eigenvalue weighted by atomic mass is 19.2. The number of imidazole rings is 1. The molecule has 7 heteroatoms. The van der Waals surface area contributed by atoms with E-state index < -0.39 is 11.6 Å². The standard InChI is InChI=1S/C23H25F2N3O2/c24-18-5-4-17(14-19(18)25)29-12-8-16-6-9-27(10-7-16)15-22-26-20-2-1-3-21-23(20)28(22)11-13-30-21/h1-5,14,16H,6-13,15H2. The second-order valence-electron chi connectivity index (χ2n) is 8.08. The van der Waals surface area contributed by atoms with Crippen molar-refractivity contribution in [3.63, 3.8) is 0 Å². The summed E-state index contributed by atoms with van der Waals surface area (Å²) in [5, 5.41) is 0. The lowest BCUT2D eigenvalue weighted by Crippen LogP contribution is -2.34. The van der Waals surface area contributed by atoms with Crippen LogP contribution in [0.25, 0.3) is 11.0 Å². The van der Waals surface area contributed by atoms with Crippen molar-refractivity contribution >= 4 is 11.0 Å². The van der Waals surface area contributed by atoms with Gasteiger partial charge in [0, 0.05) is 6.07 Å². The molecule has 1 aromatic heterocycles. The minimum absolute atomic E-state index is 0.384. The molecule has 2 aromatic carbocycles. The number of rotatable bonds is 6. The summed E-state index contributed by atoms with van der Waals surface area (Å²) < 4.78 is 39.9. The van der Waals surface area contributed by atoms with Crippen molar-refractivity contribution in [3.8, 4) is 11.5 Å². The normalized spacial score (nSPS) is 17.3. The van der Waals surface area contributed by atoms with Gasteiger partial charge in [0.05, 0.1) is 25.2 Å². The average Bonchev–Trinajstić information content (AvgIpc) is 3.11. The van der Waals surface area contributed by atoms with Crippen LogP contribution in [0.3, 0.4) is 0 Å². The number of ether oxygens (including phenoxy) is 2. The van der Waals surface area contributed by atoms with Crippen molar-refractivity contribution in [1.29, 1.82) is 0 Å². The monoisotopic (exact) mass is 413 g/mol. The molecule has 0 atom stereocenters. The Bertz CT molecular complexity index is 1040. The molecule has 0 N–H and O–H groups in total. The SMILES string of the molecule is Fc1ccc(OCCC2CCN(Cc3nc4cccc5c4n3CCO5)CC2)cc1F. The Hall–Kier alpha value is -2.67. The minimum atomic E-state index is -0.870. The van der Waals surface area contributed by atoms with Gasteiger partial charge < -0.3 is 14.0 Å². The molecule has 1 saturated heterocycles. The number of piperidine rings is 1. The Balaban J connectivity index is 1.13. The van der Waals surface area contributed by atoms with Gasteiger partial charge in [-0.25, -0.2) is 13.8 Å². The first-order chi connectivity index (χ1) is 14.7. The first-order valence-corrected chi connectivity index (χ1v) is 10.6. The smallest absolute Gasteiger partial charge is 0.162 e. The molecule has 158 valence electrons. The third-order valence-corrected chi connectivity index (χ3v) is 6.14. The molecule has 0 saturated carbocycles. The summed E-state index contributed by atoms with van der Waals surface area (Å²) in [6.07, 6.45) is 3.14. The molecule has 0 spiro atoms. The van der Waals surface area contributed by atoms with Crippen molar-refractivity contribution in [2.45, 2.75) is 32.4 Å². The van der Waals surface area contributed by atoms with E-state index in [0.29, 0.717) is 24.9 Å². The van der Waals surface area contributed by atoms with Crippen LogP contribution in [0.2, 0.25) is 0 Å². The summed E-state index contributed by atoms with van der Waals surface area (Å²) in [4.78, 5) is 7.32. The second kappa shape index (κ2) is 8.22. The zero-order valence-electron chi connectivity index (χ0n) is 16.8. The van der Waals surface area contributed by atoms with Crippen LogP contribution in [0.4, 0.5) is 8.78 Å². The molecule has 2 aliphatic heterocycles. The van der Waals surface area contributed by atoms with E-state index in [4.69, 9.17) is 14.5 Å². The number of hydrogen-bond donors (Lipinski definition) is 0. The van der Waals surface area contributed by atoms with Gasteiger partial charge in [0.2, 0.25) is 0 Å². The lowest BCUT2D eigenvalue weighted by Gasteiger charge is -2.32. The molecule has 30 heavy (non-hydrogen) atoms. The molecular weight excluding hydrogens is 388 g/mol. The fraction of sp³-hybridized carbons (Fsp3) is 0.435. The molecule has 3 aromatic rings. The number of likely N-dealkylation sites (tertiary alicyclic amines) is 1. The van der Waals surface area contributed by atoms with E-state index in [1.54, 1.807) is 0 Å². The number of benzene rings is 2. The highest BCUT2D eigenvalue weighted by molar-refractivity contribution is 5.83. The number of para-hydroxylation sites is 1. The highest BCUT2D eigenvalue weighted by Crippen LogP contribution is 2.31. The fourth-order valence-corrected chi connectivity index (χ4v) is 4.47. The number of aromatic nitrogens is 2. The third kappa shape index (κ3) is 3.86. The van der Waals surface area contributed by atoms with Crippen LogP contribution >= 0.6 is 0 Å². The minimum Gasteiger partial charge on any atom is -0.493 e. The molecule has 0 unspecified atom stereocenters. The van der Waals surface area contributed by atoms with E-state index in [1.165, 1.54) is 6.07 Å². The van der Waals surface area contributed by atoms with Crippen molar-refractivity contribution in [3.05, 3.63) is 53.9 Å². The largest absolute Gasteiger partial charge is 0.493 e. The van der Waals surface area contributed by atoms with Gasteiger partial charge in [-0.15, -0.1) is 0 Å². The van der Waals surface area contributed by atoms with Crippen molar-refractivity contribution < 1.29 is 18.3 Å². The summed E-state index contributed by atoms with van der Waals surface area (Å²) in [5.41, 5.74) is 2.12. The van der Waals surface area contributed by atoms with E-state index in [0.717, 1.165) is 80.2 Å². The van der Waals surface area contributed by atoms with E-state index >= 15 is 0 Å². The van der Waals surface area contributed by atoms with Gasteiger partial charge in [0.25, 0.3) is 0 Å². The molecule has 0 bridgehead atoms. The van der Waals surface area contributed by atoms with Crippen LogP contribution in [0.15, 0.2) is 36.4 Å². The van der Waals surface area contributed by atoms with Crippen LogP contribution in [0.1, 0.15) is 25.1 Å². The third-order valence-electron chi connectivity index (χ3n) is 6.14. The lowest BCUT2D eigenvalue weighted by molar-refractivity contribution is 0.153. The van der Waals surface area contributed by atoms with Gasteiger partial charge in [-0.3, -0.25) is 4.90 Å². The Morgan fingerprint density at radius 3 is 2.77 bits per heavy atom. The number of halogens is 2. The van der Waals surface area contributed by atoms with Gasteiger partial charge in [-0.1, -0.05) is 6.07 Å². The molecule has 5 nitrogen and oxygen atoms in total. The van der Waals surface area contributed by atoms with Crippen LogP contribution in [-0.4, -0.2) is 40.8 Å². The van der Waals surface area contributed by atoms with Gasteiger partial charge in [-0.2, -0.15) is 0 Å². The van der Waals surface area contributed by atoms with E-state index in [-0.39, 0.29) is 0 Å². The molecule has 0 aliphatic carbocycles. The molecule has 0 radical (unpaired) electrons. The van der Waals surface area contributed by atoms with Gasteiger partial charge in [0.15, 0.2) is 11.6 Å². The predicted molar refractivity (Wildman–Crippen MR) is 110 cm³/mol. The topological polar surface area (TPSA) is 39.5 Å². The van der Waals surface area contributed by atoms with Crippen LogP contribution in [0.5, 0.6) is 11.5 Å². The first kappa shape index (κ1) is 19.3. The van der Waals surface area contributed by atoms with Crippen molar-refractivity contribution in [2.24, 2.45) is 5.92 Å². The first-order valence-electron chi connectivity index (χ1n) is 10.6. The van der Waals surface area contributed by atoms with Gasteiger partial charge in [0.1, 0.15) is 29.4 Å². The zero-order valence-corrected chi connectivity index (χ0v) is 16.8. The maximum absolute atomic E-state index is 13.3. The number of nitrogens with zero attached hydrogens (tertiary/aromatic N) is 3. The molecule has 5 rings (SSSR count). The van der Waals surface area contributed by atoms with Crippen LogP contribution < -0.4 is 9.47 Å². The molecule has 2 aliphatic rings. The Morgan fingerprint density at radius 1 is 1.07 bits per heavy atom. The van der Waals surface area contributed by atoms with Gasteiger partial charge in [-0.05, 0) is 62.5 Å². The van der Waals surface area contributed by atoms with Crippen molar-refractivity contribution in [2.75, 3.05) is 26.3 Å². The van der Waals surface area contributed by atoms with Gasteiger partial charge >= 0.3 is 0 Å². The second-order valence-corrected chi connectivity index (χ2v) is 8.08. The fourth-order valence-electron chi connectivity index (χ4n) is 4.47. The summed E-state index contributed by atoms with van der Waals surface area (Å²) in [5.74, 6) is 1.29. The Morgan fingerprint density at radius 2 is 1.93 bits per heavy atom. The molecule has 0 amide bonds. The molecule has 3 heterocycles. The molecular formula is C23H25F2N3O2.